The Labute approximate surface area is 129 Å². The summed E-state index contributed by atoms with van der Waals surface area (Å²) >= 11 is 1.43. The van der Waals surface area contributed by atoms with Crippen molar-refractivity contribution in [2.24, 2.45) is 0 Å². The molecule has 0 radical (unpaired) electrons. The summed E-state index contributed by atoms with van der Waals surface area (Å²) in [5.74, 6) is 2.40. The largest absolute Gasteiger partial charge is 0.493 e. The minimum Gasteiger partial charge on any atom is -0.493 e. The molecule has 114 valence electrons. The van der Waals surface area contributed by atoms with Crippen LogP contribution in [-0.4, -0.2) is 30.6 Å². The molecule has 2 rings (SSSR count). The first-order chi connectivity index (χ1) is 10.1. The summed E-state index contributed by atoms with van der Waals surface area (Å²) < 4.78 is 15.0. The second kappa shape index (κ2) is 6.76. The highest BCUT2D eigenvalue weighted by molar-refractivity contribution is 7.09. The van der Waals surface area contributed by atoms with Crippen LogP contribution in [0.4, 0.5) is 5.13 Å². The van der Waals surface area contributed by atoms with E-state index in [0.29, 0.717) is 0 Å². The van der Waals surface area contributed by atoms with Crippen molar-refractivity contribution < 1.29 is 9.47 Å². The third kappa shape index (κ3) is 3.44. The van der Waals surface area contributed by atoms with Crippen LogP contribution in [0.3, 0.4) is 0 Å². The summed E-state index contributed by atoms with van der Waals surface area (Å²) in [6.07, 6.45) is 0.861. The molecule has 0 spiro atoms. The van der Waals surface area contributed by atoms with Gasteiger partial charge in [0.1, 0.15) is 5.82 Å². The minimum atomic E-state index is 0.748. The van der Waals surface area contributed by atoms with Crippen molar-refractivity contribution >= 4 is 16.7 Å². The fourth-order valence-corrected chi connectivity index (χ4v) is 2.77. The molecule has 0 aliphatic heterocycles. The standard InChI is InChI=1S/C15H21N3O2S/c1-6-14-16-15(21-17-14)18(3)9-11-8-13(20-5)12(19-4)7-10(11)2/h7-8H,6,9H2,1-5H3. The fourth-order valence-electron chi connectivity index (χ4n) is 2.06. The molecule has 0 fully saturated rings. The number of ether oxygens (including phenoxy) is 2. The number of hydrogen-bond acceptors (Lipinski definition) is 6. The predicted molar refractivity (Wildman–Crippen MR) is 85.7 cm³/mol. The van der Waals surface area contributed by atoms with Gasteiger partial charge in [0.25, 0.3) is 0 Å². The number of benzene rings is 1. The van der Waals surface area contributed by atoms with Gasteiger partial charge < -0.3 is 14.4 Å². The lowest BCUT2D eigenvalue weighted by atomic mass is 10.1. The van der Waals surface area contributed by atoms with Gasteiger partial charge in [0.05, 0.1) is 14.2 Å². The van der Waals surface area contributed by atoms with E-state index in [4.69, 9.17) is 9.47 Å². The second-order valence-electron chi connectivity index (χ2n) is 4.84. The number of methoxy groups -OCH3 is 2. The molecule has 1 heterocycles. The van der Waals surface area contributed by atoms with Gasteiger partial charge in [0, 0.05) is 31.5 Å². The van der Waals surface area contributed by atoms with Crippen LogP contribution in [0.15, 0.2) is 12.1 Å². The molecule has 1 aromatic heterocycles. The number of aromatic nitrogens is 2. The van der Waals surface area contributed by atoms with Gasteiger partial charge in [-0.25, -0.2) is 4.98 Å². The van der Waals surface area contributed by atoms with Crippen LogP contribution in [0, 0.1) is 6.92 Å². The zero-order chi connectivity index (χ0) is 15.4. The maximum atomic E-state index is 5.37. The van der Waals surface area contributed by atoms with Crippen LogP contribution in [0.5, 0.6) is 11.5 Å². The number of hydrogen-bond donors (Lipinski definition) is 0. The van der Waals surface area contributed by atoms with Gasteiger partial charge in [-0.1, -0.05) is 6.92 Å². The van der Waals surface area contributed by atoms with Crippen molar-refractivity contribution in [3.63, 3.8) is 0 Å². The molecule has 1 aromatic carbocycles. The Morgan fingerprint density at radius 1 is 1.19 bits per heavy atom. The summed E-state index contributed by atoms with van der Waals surface area (Å²) in [7, 11) is 5.33. The number of nitrogens with zero attached hydrogens (tertiary/aromatic N) is 3. The van der Waals surface area contributed by atoms with Crippen LogP contribution in [-0.2, 0) is 13.0 Å². The quantitative estimate of drug-likeness (QED) is 0.821. The zero-order valence-corrected chi connectivity index (χ0v) is 14.0. The van der Waals surface area contributed by atoms with Crippen LogP contribution in [0.2, 0.25) is 0 Å². The number of anilines is 1. The van der Waals surface area contributed by atoms with Crippen molar-refractivity contribution in [2.45, 2.75) is 26.8 Å². The lowest BCUT2D eigenvalue weighted by Gasteiger charge is -2.18. The van der Waals surface area contributed by atoms with Gasteiger partial charge in [-0.2, -0.15) is 4.37 Å². The Kier molecular flexibility index (Phi) is 5.01. The molecule has 0 aliphatic carbocycles. The third-order valence-electron chi connectivity index (χ3n) is 3.35. The summed E-state index contributed by atoms with van der Waals surface area (Å²) in [5.41, 5.74) is 2.35. The van der Waals surface area contributed by atoms with E-state index in [2.05, 4.69) is 28.1 Å². The smallest absolute Gasteiger partial charge is 0.205 e. The van der Waals surface area contributed by atoms with Gasteiger partial charge in [-0.05, 0) is 30.2 Å². The van der Waals surface area contributed by atoms with Gasteiger partial charge in [0.2, 0.25) is 5.13 Å². The average Bonchev–Trinajstić information content (AvgIpc) is 2.97. The van der Waals surface area contributed by atoms with Crippen LogP contribution in [0.1, 0.15) is 23.9 Å². The predicted octanol–water partition coefficient (Wildman–Crippen LogP) is 3.06. The summed E-state index contributed by atoms with van der Waals surface area (Å²) in [6.45, 7) is 4.89. The Morgan fingerprint density at radius 2 is 1.86 bits per heavy atom. The van der Waals surface area contributed by atoms with E-state index in [1.807, 2.05) is 19.2 Å². The Balaban J connectivity index is 2.22. The summed E-state index contributed by atoms with van der Waals surface area (Å²) in [6, 6.07) is 4.02. The molecule has 0 amide bonds. The first kappa shape index (κ1) is 15.6. The zero-order valence-electron chi connectivity index (χ0n) is 13.1. The van der Waals surface area contributed by atoms with E-state index in [1.165, 1.54) is 22.7 Å². The molecular formula is C15H21N3O2S. The van der Waals surface area contributed by atoms with E-state index in [0.717, 1.165) is 35.4 Å². The number of aryl methyl sites for hydroxylation is 2. The van der Waals surface area contributed by atoms with Crippen LogP contribution in [0.25, 0.3) is 0 Å². The van der Waals surface area contributed by atoms with Crippen LogP contribution < -0.4 is 14.4 Å². The first-order valence-electron chi connectivity index (χ1n) is 6.84. The Morgan fingerprint density at radius 3 is 2.43 bits per heavy atom. The highest BCUT2D eigenvalue weighted by Gasteiger charge is 2.13. The third-order valence-corrected chi connectivity index (χ3v) is 4.22. The van der Waals surface area contributed by atoms with Crippen molar-refractivity contribution in [3.8, 4) is 11.5 Å². The SMILES string of the molecule is CCc1nsc(N(C)Cc2cc(OC)c(OC)cc2C)n1. The van der Waals surface area contributed by atoms with E-state index >= 15 is 0 Å². The number of rotatable bonds is 6. The Bertz CT molecular complexity index is 613. The highest BCUT2D eigenvalue weighted by Crippen LogP contribution is 2.31. The fraction of sp³-hybridized carbons (Fsp3) is 0.467. The monoisotopic (exact) mass is 307 g/mol. The molecule has 2 aromatic rings. The molecule has 0 unspecified atom stereocenters. The van der Waals surface area contributed by atoms with E-state index in [9.17, 15) is 0 Å². The molecule has 0 atom stereocenters. The van der Waals surface area contributed by atoms with Gasteiger partial charge in [0.15, 0.2) is 11.5 Å². The molecule has 21 heavy (non-hydrogen) atoms. The van der Waals surface area contributed by atoms with E-state index in [1.54, 1.807) is 14.2 Å². The molecule has 6 heteroatoms. The molecular weight excluding hydrogens is 286 g/mol. The topological polar surface area (TPSA) is 47.5 Å². The Hall–Kier alpha value is -1.82. The average molecular weight is 307 g/mol. The first-order valence-corrected chi connectivity index (χ1v) is 7.61. The summed E-state index contributed by atoms with van der Waals surface area (Å²) in [5, 5.41) is 0.932. The lowest BCUT2D eigenvalue weighted by molar-refractivity contribution is 0.354. The normalized spacial score (nSPS) is 10.5. The van der Waals surface area contributed by atoms with E-state index < -0.39 is 0 Å². The van der Waals surface area contributed by atoms with Crippen molar-refractivity contribution in [2.75, 3.05) is 26.2 Å². The van der Waals surface area contributed by atoms with Gasteiger partial charge in [-0.3, -0.25) is 0 Å². The molecule has 0 saturated carbocycles. The second-order valence-corrected chi connectivity index (χ2v) is 5.57. The maximum Gasteiger partial charge on any atom is 0.205 e. The van der Waals surface area contributed by atoms with Gasteiger partial charge in [-0.15, -0.1) is 0 Å². The van der Waals surface area contributed by atoms with Crippen molar-refractivity contribution in [3.05, 3.63) is 29.1 Å². The lowest BCUT2D eigenvalue weighted by Crippen LogP contribution is -2.17. The van der Waals surface area contributed by atoms with Gasteiger partial charge >= 0.3 is 0 Å². The minimum absolute atomic E-state index is 0.748. The molecule has 0 saturated heterocycles. The molecule has 0 bridgehead atoms. The maximum absolute atomic E-state index is 5.37. The molecule has 0 N–H and O–H groups in total. The molecule has 0 aliphatic rings. The van der Waals surface area contributed by atoms with Crippen LogP contribution >= 0.6 is 11.5 Å². The molecule has 5 nitrogen and oxygen atoms in total. The summed E-state index contributed by atoms with van der Waals surface area (Å²) in [4.78, 5) is 6.61. The van der Waals surface area contributed by atoms with E-state index in [-0.39, 0.29) is 0 Å². The highest BCUT2D eigenvalue weighted by atomic mass is 32.1. The van der Waals surface area contributed by atoms with Crippen molar-refractivity contribution in [1.29, 1.82) is 0 Å². The van der Waals surface area contributed by atoms with Crippen molar-refractivity contribution in [1.82, 2.24) is 9.36 Å².